The summed E-state index contributed by atoms with van der Waals surface area (Å²) < 4.78 is 0. The number of rotatable bonds is 5. The number of hydrogen-bond acceptors (Lipinski definition) is 1. The first-order valence-corrected chi connectivity index (χ1v) is 9.10. The molecule has 0 spiro atoms. The smallest absolute Gasteiger partial charge is 0.00683 e. The standard InChI is InChI=1S/C18H33N/c1-2-14-7-9-15(10-8-14)18-6-4-3-5-16(18)13-19-17-11-12-17/h14-19H,2-13H2,1H3. The van der Waals surface area contributed by atoms with Crippen molar-refractivity contribution >= 4 is 0 Å². The van der Waals surface area contributed by atoms with Crippen LogP contribution in [-0.4, -0.2) is 12.6 Å². The van der Waals surface area contributed by atoms with Crippen LogP contribution in [0.15, 0.2) is 0 Å². The van der Waals surface area contributed by atoms with E-state index in [0.29, 0.717) is 0 Å². The summed E-state index contributed by atoms with van der Waals surface area (Å²) in [4.78, 5) is 0. The lowest BCUT2D eigenvalue weighted by atomic mass is 9.66. The minimum absolute atomic E-state index is 0.901. The van der Waals surface area contributed by atoms with Crippen molar-refractivity contribution in [1.82, 2.24) is 5.32 Å². The summed E-state index contributed by atoms with van der Waals surface area (Å²) in [5.74, 6) is 4.22. The predicted octanol–water partition coefficient (Wildman–Crippen LogP) is 4.76. The molecule has 3 aliphatic rings. The summed E-state index contributed by atoms with van der Waals surface area (Å²) >= 11 is 0. The van der Waals surface area contributed by atoms with E-state index in [9.17, 15) is 0 Å². The molecule has 3 rings (SSSR count). The first-order valence-electron chi connectivity index (χ1n) is 9.10. The van der Waals surface area contributed by atoms with Crippen LogP contribution in [0.4, 0.5) is 0 Å². The molecule has 1 N–H and O–H groups in total. The third kappa shape index (κ3) is 3.74. The Morgan fingerprint density at radius 1 is 0.842 bits per heavy atom. The third-order valence-corrected chi connectivity index (χ3v) is 6.29. The molecule has 0 saturated heterocycles. The minimum Gasteiger partial charge on any atom is -0.314 e. The lowest BCUT2D eigenvalue weighted by Gasteiger charge is -2.40. The van der Waals surface area contributed by atoms with Gasteiger partial charge in [-0.2, -0.15) is 0 Å². The zero-order valence-electron chi connectivity index (χ0n) is 12.9. The second-order valence-corrected chi connectivity index (χ2v) is 7.58. The highest BCUT2D eigenvalue weighted by molar-refractivity contribution is 4.88. The molecule has 0 amide bonds. The van der Waals surface area contributed by atoms with Gasteiger partial charge in [0.1, 0.15) is 0 Å². The van der Waals surface area contributed by atoms with Crippen LogP contribution < -0.4 is 5.32 Å². The van der Waals surface area contributed by atoms with E-state index in [-0.39, 0.29) is 0 Å². The molecule has 0 aliphatic heterocycles. The summed E-state index contributed by atoms with van der Waals surface area (Å²) in [6.45, 7) is 3.72. The highest BCUT2D eigenvalue weighted by Crippen LogP contribution is 2.43. The summed E-state index contributed by atoms with van der Waals surface area (Å²) in [7, 11) is 0. The average molecular weight is 263 g/mol. The van der Waals surface area contributed by atoms with Gasteiger partial charge in [0.25, 0.3) is 0 Å². The van der Waals surface area contributed by atoms with Crippen LogP contribution in [0.2, 0.25) is 0 Å². The molecule has 2 atom stereocenters. The van der Waals surface area contributed by atoms with Gasteiger partial charge >= 0.3 is 0 Å². The van der Waals surface area contributed by atoms with Crippen LogP contribution in [-0.2, 0) is 0 Å². The zero-order chi connectivity index (χ0) is 13.1. The summed E-state index contributed by atoms with van der Waals surface area (Å²) in [6, 6.07) is 0.901. The maximum Gasteiger partial charge on any atom is 0.00683 e. The second-order valence-electron chi connectivity index (χ2n) is 7.58. The molecule has 0 radical (unpaired) electrons. The van der Waals surface area contributed by atoms with Gasteiger partial charge in [-0.1, -0.05) is 39.0 Å². The van der Waals surface area contributed by atoms with Crippen molar-refractivity contribution in [2.24, 2.45) is 23.7 Å². The van der Waals surface area contributed by atoms with Crippen LogP contribution in [0.25, 0.3) is 0 Å². The molecule has 110 valence electrons. The molecule has 0 bridgehead atoms. The van der Waals surface area contributed by atoms with Crippen molar-refractivity contribution in [3.63, 3.8) is 0 Å². The molecule has 19 heavy (non-hydrogen) atoms. The van der Waals surface area contributed by atoms with Crippen LogP contribution in [0.1, 0.15) is 77.6 Å². The molecular formula is C18H33N. The Labute approximate surface area is 119 Å². The molecule has 3 aliphatic carbocycles. The van der Waals surface area contributed by atoms with Gasteiger partial charge < -0.3 is 5.32 Å². The van der Waals surface area contributed by atoms with Gasteiger partial charge in [0.05, 0.1) is 0 Å². The van der Waals surface area contributed by atoms with Crippen molar-refractivity contribution in [2.45, 2.75) is 83.6 Å². The first-order chi connectivity index (χ1) is 9.36. The van der Waals surface area contributed by atoms with E-state index in [1.807, 2.05) is 0 Å². The molecule has 0 aromatic carbocycles. The zero-order valence-corrected chi connectivity index (χ0v) is 12.9. The Hall–Kier alpha value is -0.0400. The maximum absolute atomic E-state index is 3.82. The molecule has 1 heteroatoms. The molecule has 2 unspecified atom stereocenters. The lowest BCUT2D eigenvalue weighted by molar-refractivity contribution is 0.110. The third-order valence-electron chi connectivity index (χ3n) is 6.29. The predicted molar refractivity (Wildman–Crippen MR) is 82.2 cm³/mol. The Bertz CT molecular complexity index is 263. The van der Waals surface area contributed by atoms with Gasteiger partial charge in [0.15, 0.2) is 0 Å². The van der Waals surface area contributed by atoms with Crippen molar-refractivity contribution in [3.8, 4) is 0 Å². The Balaban J connectivity index is 1.50. The topological polar surface area (TPSA) is 12.0 Å². The molecule has 3 saturated carbocycles. The molecule has 1 nitrogen and oxygen atoms in total. The van der Waals surface area contributed by atoms with E-state index in [4.69, 9.17) is 0 Å². The van der Waals surface area contributed by atoms with Gasteiger partial charge in [0, 0.05) is 6.04 Å². The van der Waals surface area contributed by atoms with Crippen LogP contribution in [0.5, 0.6) is 0 Å². The molecule has 0 heterocycles. The van der Waals surface area contributed by atoms with Crippen LogP contribution >= 0.6 is 0 Å². The van der Waals surface area contributed by atoms with E-state index in [2.05, 4.69) is 12.2 Å². The summed E-state index contributed by atoms with van der Waals surface area (Å²) in [6.07, 6.45) is 16.5. The van der Waals surface area contributed by atoms with E-state index >= 15 is 0 Å². The Morgan fingerprint density at radius 2 is 1.58 bits per heavy atom. The normalized spacial score (nSPS) is 40.3. The van der Waals surface area contributed by atoms with E-state index in [1.165, 1.54) is 57.9 Å². The molecule has 3 fully saturated rings. The number of hydrogen-bond donors (Lipinski definition) is 1. The molecule has 0 aromatic rings. The maximum atomic E-state index is 3.82. The fraction of sp³-hybridized carbons (Fsp3) is 1.00. The van der Waals surface area contributed by atoms with Gasteiger partial charge in [-0.15, -0.1) is 0 Å². The van der Waals surface area contributed by atoms with Crippen molar-refractivity contribution < 1.29 is 0 Å². The van der Waals surface area contributed by atoms with Gasteiger partial charge in [-0.3, -0.25) is 0 Å². The monoisotopic (exact) mass is 263 g/mol. The minimum atomic E-state index is 0.901. The highest BCUT2D eigenvalue weighted by atomic mass is 14.9. The SMILES string of the molecule is CCC1CCC(C2CCCCC2CNC2CC2)CC1. The van der Waals surface area contributed by atoms with E-state index < -0.39 is 0 Å². The lowest BCUT2D eigenvalue weighted by Crippen LogP contribution is -2.36. The Morgan fingerprint density at radius 3 is 2.26 bits per heavy atom. The van der Waals surface area contributed by atoms with Gasteiger partial charge in [0.2, 0.25) is 0 Å². The largest absolute Gasteiger partial charge is 0.314 e. The van der Waals surface area contributed by atoms with Crippen molar-refractivity contribution in [3.05, 3.63) is 0 Å². The van der Waals surface area contributed by atoms with Gasteiger partial charge in [-0.25, -0.2) is 0 Å². The fourth-order valence-electron chi connectivity index (χ4n) is 4.74. The average Bonchev–Trinajstić information content (AvgIpc) is 3.30. The Kier molecular flexibility index (Phi) is 4.84. The van der Waals surface area contributed by atoms with Crippen molar-refractivity contribution in [1.29, 1.82) is 0 Å². The summed E-state index contributed by atoms with van der Waals surface area (Å²) in [5.41, 5.74) is 0. The van der Waals surface area contributed by atoms with Crippen molar-refractivity contribution in [2.75, 3.05) is 6.54 Å². The summed E-state index contributed by atoms with van der Waals surface area (Å²) in [5, 5.41) is 3.82. The fourth-order valence-corrected chi connectivity index (χ4v) is 4.74. The quantitative estimate of drug-likeness (QED) is 0.754. The van der Waals surface area contributed by atoms with E-state index in [0.717, 1.165) is 29.7 Å². The molecule has 0 aromatic heterocycles. The number of nitrogens with one attached hydrogen (secondary N) is 1. The van der Waals surface area contributed by atoms with Gasteiger partial charge in [-0.05, 0) is 68.7 Å². The van der Waals surface area contributed by atoms with Crippen LogP contribution in [0, 0.1) is 23.7 Å². The first kappa shape index (κ1) is 13.9. The van der Waals surface area contributed by atoms with Crippen LogP contribution in [0.3, 0.4) is 0 Å². The molecular weight excluding hydrogens is 230 g/mol. The van der Waals surface area contributed by atoms with E-state index in [1.54, 1.807) is 19.3 Å². The second kappa shape index (κ2) is 6.61. The highest BCUT2D eigenvalue weighted by Gasteiger charge is 2.34.